The van der Waals surface area contributed by atoms with Crippen molar-refractivity contribution in [3.8, 4) is 0 Å². The highest BCUT2D eigenvalue weighted by atomic mass is 15.1. The van der Waals surface area contributed by atoms with Crippen LogP contribution >= 0.6 is 0 Å². The minimum atomic E-state index is 0.227. The highest BCUT2D eigenvalue weighted by molar-refractivity contribution is 5.32. The summed E-state index contributed by atoms with van der Waals surface area (Å²) in [6.45, 7) is 3.15. The molecule has 3 rings (SSSR count). The van der Waals surface area contributed by atoms with Crippen molar-refractivity contribution in [2.45, 2.75) is 19.5 Å². The first-order chi connectivity index (χ1) is 9.88. The van der Waals surface area contributed by atoms with Crippen molar-refractivity contribution < 1.29 is 4.57 Å². The molecule has 20 heavy (non-hydrogen) atoms. The van der Waals surface area contributed by atoms with Crippen molar-refractivity contribution in [2.75, 3.05) is 0 Å². The second kappa shape index (κ2) is 5.74. The molecule has 0 fully saturated rings. The van der Waals surface area contributed by atoms with E-state index in [1.165, 1.54) is 11.1 Å². The van der Waals surface area contributed by atoms with Gasteiger partial charge in [-0.3, -0.25) is 0 Å². The van der Waals surface area contributed by atoms with Gasteiger partial charge in [0.15, 0.2) is 6.04 Å². The van der Waals surface area contributed by atoms with Crippen LogP contribution in [0.1, 0.15) is 24.1 Å². The molecule has 0 aliphatic carbocycles. The molecule has 0 amide bonds. The molecule has 0 saturated carbocycles. The molecular formula is C18H19N2+. The number of rotatable bonds is 4. The van der Waals surface area contributed by atoms with Crippen LogP contribution in [0.2, 0.25) is 0 Å². The summed E-state index contributed by atoms with van der Waals surface area (Å²) in [6.07, 6.45) is 6.44. The number of imidazole rings is 1. The first kappa shape index (κ1) is 12.7. The molecule has 0 saturated heterocycles. The van der Waals surface area contributed by atoms with Gasteiger partial charge >= 0.3 is 0 Å². The summed E-state index contributed by atoms with van der Waals surface area (Å²) in [5.41, 5.74) is 2.61. The Morgan fingerprint density at radius 3 is 1.90 bits per heavy atom. The molecule has 0 aliphatic rings. The summed E-state index contributed by atoms with van der Waals surface area (Å²) in [6, 6.07) is 21.5. The van der Waals surface area contributed by atoms with Crippen molar-refractivity contribution >= 4 is 0 Å². The van der Waals surface area contributed by atoms with Crippen molar-refractivity contribution in [2.24, 2.45) is 0 Å². The Labute approximate surface area is 119 Å². The van der Waals surface area contributed by atoms with E-state index in [1.807, 2.05) is 0 Å². The van der Waals surface area contributed by atoms with E-state index in [-0.39, 0.29) is 6.04 Å². The van der Waals surface area contributed by atoms with Gasteiger partial charge in [-0.1, -0.05) is 60.7 Å². The van der Waals surface area contributed by atoms with Crippen LogP contribution in [0.25, 0.3) is 0 Å². The third-order valence-electron chi connectivity index (χ3n) is 3.61. The Hall–Kier alpha value is -2.35. The fourth-order valence-electron chi connectivity index (χ4n) is 2.56. The third-order valence-corrected chi connectivity index (χ3v) is 3.61. The van der Waals surface area contributed by atoms with Gasteiger partial charge in [0.1, 0.15) is 12.4 Å². The summed E-state index contributed by atoms with van der Waals surface area (Å²) >= 11 is 0. The van der Waals surface area contributed by atoms with Crippen LogP contribution in [0.15, 0.2) is 79.4 Å². The molecule has 0 radical (unpaired) electrons. The Bertz CT molecular complexity index is 617. The van der Waals surface area contributed by atoms with Gasteiger partial charge in [0.2, 0.25) is 6.33 Å². The number of nitrogens with zero attached hydrogens (tertiary/aromatic N) is 2. The third kappa shape index (κ3) is 2.50. The standard InChI is InChI=1S/C18H19N2/c1-2-19-13-14-20(15-19)18(16-9-5-3-6-10-16)17-11-7-4-8-12-17/h3-15,18H,2H2,1H3/q+1. The maximum atomic E-state index is 2.27. The van der Waals surface area contributed by atoms with Crippen LogP contribution in [-0.2, 0) is 6.54 Å². The molecule has 1 heterocycles. The minimum Gasteiger partial charge on any atom is -0.237 e. The maximum Gasteiger partial charge on any atom is 0.244 e. The fourth-order valence-corrected chi connectivity index (χ4v) is 2.56. The zero-order valence-corrected chi connectivity index (χ0v) is 11.7. The van der Waals surface area contributed by atoms with Gasteiger partial charge < -0.3 is 0 Å². The van der Waals surface area contributed by atoms with Crippen LogP contribution in [0.5, 0.6) is 0 Å². The number of aryl methyl sites for hydroxylation is 1. The molecule has 0 aliphatic heterocycles. The van der Waals surface area contributed by atoms with E-state index in [0.29, 0.717) is 0 Å². The lowest BCUT2D eigenvalue weighted by Gasteiger charge is -2.14. The molecule has 2 heteroatoms. The molecular weight excluding hydrogens is 244 g/mol. The van der Waals surface area contributed by atoms with Crippen LogP contribution in [0.4, 0.5) is 0 Å². The molecule has 0 spiro atoms. The summed E-state index contributed by atoms with van der Waals surface area (Å²) in [5.74, 6) is 0. The maximum absolute atomic E-state index is 2.27. The topological polar surface area (TPSA) is 8.81 Å². The Kier molecular flexibility index (Phi) is 3.64. The molecule has 0 unspecified atom stereocenters. The Morgan fingerprint density at radius 1 is 0.900 bits per heavy atom. The lowest BCUT2D eigenvalue weighted by atomic mass is 9.99. The average Bonchev–Trinajstić information content (AvgIpc) is 2.98. The van der Waals surface area contributed by atoms with Gasteiger partial charge in [-0.15, -0.1) is 0 Å². The SMILES string of the molecule is CC[n+]1ccn(C(c2ccccc2)c2ccccc2)c1. The fraction of sp³-hybridized carbons (Fsp3) is 0.167. The monoisotopic (exact) mass is 263 g/mol. The van der Waals surface area contributed by atoms with E-state index in [9.17, 15) is 0 Å². The van der Waals surface area contributed by atoms with Gasteiger partial charge in [0.05, 0.1) is 6.54 Å². The highest BCUT2D eigenvalue weighted by Gasteiger charge is 2.20. The molecule has 0 N–H and O–H groups in total. The van der Waals surface area contributed by atoms with Crippen molar-refractivity contribution in [1.82, 2.24) is 4.57 Å². The van der Waals surface area contributed by atoms with Crippen LogP contribution in [0.3, 0.4) is 0 Å². The van der Waals surface area contributed by atoms with Crippen LogP contribution in [0, 0.1) is 0 Å². The van der Waals surface area contributed by atoms with E-state index in [1.54, 1.807) is 0 Å². The van der Waals surface area contributed by atoms with E-state index in [0.717, 1.165) is 6.54 Å². The van der Waals surface area contributed by atoms with Gasteiger partial charge in [-0.2, -0.15) is 0 Å². The largest absolute Gasteiger partial charge is 0.244 e. The summed E-state index contributed by atoms with van der Waals surface area (Å²) in [7, 11) is 0. The van der Waals surface area contributed by atoms with Crippen molar-refractivity contribution in [3.63, 3.8) is 0 Å². The summed E-state index contributed by atoms with van der Waals surface area (Å²) in [5, 5.41) is 0. The summed E-state index contributed by atoms with van der Waals surface area (Å²) in [4.78, 5) is 0. The molecule has 2 aromatic carbocycles. The predicted octanol–water partition coefficient (Wildman–Crippen LogP) is 3.43. The van der Waals surface area contributed by atoms with E-state index in [4.69, 9.17) is 0 Å². The van der Waals surface area contributed by atoms with Gasteiger partial charge in [0.25, 0.3) is 0 Å². The van der Waals surface area contributed by atoms with Crippen molar-refractivity contribution in [1.29, 1.82) is 0 Å². The molecule has 2 nitrogen and oxygen atoms in total. The van der Waals surface area contributed by atoms with Crippen LogP contribution < -0.4 is 4.57 Å². The normalized spacial score (nSPS) is 10.9. The first-order valence-electron chi connectivity index (χ1n) is 7.05. The minimum absolute atomic E-state index is 0.227. The van der Waals surface area contributed by atoms with Gasteiger partial charge in [-0.05, 0) is 6.92 Å². The zero-order chi connectivity index (χ0) is 13.8. The molecule has 100 valence electrons. The molecule has 1 aromatic heterocycles. The van der Waals surface area contributed by atoms with E-state index in [2.05, 4.69) is 95.4 Å². The number of hydrogen-bond donors (Lipinski definition) is 0. The second-order valence-corrected chi connectivity index (χ2v) is 4.92. The van der Waals surface area contributed by atoms with Gasteiger partial charge in [-0.25, -0.2) is 9.13 Å². The Morgan fingerprint density at radius 2 is 1.45 bits per heavy atom. The van der Waals surface area contributed by atoms with Crippen LogP contribution in [-0.4, -0.2) is 4.57 Å². The van der Waals surface area contributed by atoms with E-state index < -0.39 is 0 Å². The smallest absolute Gasteiger partial charge is 0.237 e. The number of benzene rings is 2. The molecule has 0 atom stereocenters. The number of hydrogen-bond acceptors (Lipinski definition) is 0. The highest BCUT2D eigenvalue weighted by Crippen LogP contribution is 2.25. The predicted molar refractivity (Wildman–Crippen MR) is 80.4 cm³/mol. The first-order valence-corrected chi connectivity index (χ1v) is 7.05. The lowest BCUT2D eigenvalue weighted by Crippen LogP contribution is -2.29. The number of aromatic nitrogens is 2. The quantitative estimate of drug-likeness (QED) is 0.638. The zero-order valence-electron chi connectivity index (χ0n) is 11.7. The van der Waals surface area contributed by atoms with Crippen molar-refractivity contribution in [3.05, 3.63) is 90.5 Å². The molecule has 3 aromatic rings. The van der Waals surface area contributed by atoms with Gasteiger partial charge in [0, 0.05) is 11.1 Å². The van der Waals surface area contributed by atoms with E-state index >= 15 is 0 Å². The Balaban J connectivity index is 2.09. The second-order valence-electron chi connectivity index (χ2n) is 4.92. The lowest BCUT2D eigenvalue weighted by molar-refractivity contribution is -0.693. The molecule has 0 bridgehead atoms. The summed E-state index contributed by atoms with van der Waals surface area (Å²) < 4.78 is 4.47. The average molecular weight is 263 g/mol.